The van der Waals surface area contributed by atoms with Crippen LogP contribution in [0.25, 0.3) is 0 Å². The van der Waals surface area contributed by atoms with Crippen LogP contribution in [0.15, 0.2) is 24.3 Å². The summed E-state index contributed by atoms with van der Waals surface area (Å²) in [6.45, 7) is 5.79. The highest BCUT2D eigenvalue weighted by molar-refractivity contribution is 6.08. The molecule has 0 unspecified atom stereocenters. The van der Waals surface area contributed by atoms with Gasteiger partial charge < -0.3 is 10.1 Å². The molecule has 6 nitrogen and oxygen atoms in total. The molecule has 0 bridgehead atoms. The van der Waals surface area contributed by atoms with Gasteiger partial charge in [-0.15, -0.1) is 0 Å². The number of hydrogen-bond acceptors (Lipinski definition) is 4. The number of nitrogens with two attached hydrogens (primary N) is 1. The maximum absolute atomic E-state index is 12.8. The van der Waals surface area contributed by atoms with E-state index in [0.29, 0.717) is 6.54 Å². The smallest absolute Gasteiger partial charge is 0.368 e. The minimum absolute atomic E-state index is 0.193. The Morgan fingerprint density at radius 2 is 1.88 bits per heavy atom. The molecule has 128 valence electrons. The third-order valence-electron chi connectivity index (χ3n) is 5.40. The average Bonchev–Trinajstić information content (AvgIpc) is 3.02. The lowest BCUT2D eigenvalue weighted by Gasteiger charge is -2.25. The molecule has 24 heavy (non-hydrogen) atoms. The van der Waals surface area contributed by atoms with Gasteiger partial charge in [-0.3, -0.25) is 14.5 Å². The second-order valence-corrected chi connectivity index (χ2v) is 6.80. The molecule has 2 saturated heterocycles. The molecule has 0 aliphatic carbocycles. The van der Waals surface area contributed by atoms with E-state index in [2.05, 4.69) is 0 Å². The first kappa shape index (κ1) is 16.6. The van der Waals surface area contributed by atoms with Gasteiger partial charge in [-0.2, -0.15) is 0 Å². The van der Waals surface area contributed by atoms with Crippen LogP contribution in [0, 0.1) is 18.8 Å². The molecule has 4 atom stereocenters. The summed E-state index contributed by atoms with van der Waals surface area (Å²) in [4.78, 5) is 39.3. The summed E-state index contributed by atoms with van der Waals surface area (Å²) in [6, 6.07) is 7.61. The Hall–Kier alpha value is -2.21. The number of rotatable bonds is 3. The number of ether oxygens (including phenoxy) is 1. The Kier molecular flexibility index (Phi) is 3.95. The van der Waals surface area contributed by atoms with E-state index >= 15 is 0 Å². The van der Waals surface area contributed by atoms with Crippen LogP contribution in [0.2, 0.25) is 0 Å². The van der Waals surface area contributed by atoms with E-state index in [9.17, 15) is 14.4 Å². The second-order valence-electron chi connectivity index (χ2n) is 6.80. The van der Waals surface area contributed by atoms with Gasteiger partial charge in [-0.25, -0.2) is 4.79 Å². The fourth-order valence-corrected chi connectivity index (χ4v) is 4.14. The maximum atomic E-state index is 12.8. The van der Waals surface area contributed by atoms with Gasteiger partial charge in [-0.05, 0) is 13.8 Å². The number of hydrogen-bond donors (Lipinski definition) is 1. The number of quaternary nitrogens is 1. The number of imide groups is 1. The number of fused-ring (bicyclic) bond motifs is 1. The van der Waals surface area contributed by atoms with Crippen LogP contribution in [0.3, 0.4) is 0 Å². The van der Waals surface area contributed by atoms with Crippen LogP contribution in [-0.4, -0.2) is 41.9 Å². The van der Waals surface area contributed by atoms with Crippen LogP contribution >= 0.6 is 0 Å². The standard InChI is InChI=1S/C18H22N2O4/c1-5-20-15(21)12-13(16(20)22)18(3,17(23)24-4)19-14(12)11-8-6-10(2)7-9-11/h6-9,12-14,19H,5H2,1-4H3/p+1/t12-,13+,14-,18-/m1/s1. The first-order chi connectivity index (χ1) is 11.3. The largest absolute Gasteiger partial charge is 0.464 e. The van der Waals surface area contributed by atoms with Gasteiger partial charge in [0.2, 0.25) is 17.4 Å². The number of likely N-dealkylation sites (tertiary alicyclic amines) is 1. The Morgan fingerprint density at radius 1 is 1.25 bits per heavy atom. The summed E-state index contributed by atoms with van der Waals surface area (Å²) in [5, 5.41) is 1.83. The molecule has 0 spiro atoms. The number of nitrogens with zero attached hydrogens (tertiary/aromatic N) is 1. The predicted octanol–water partition coefficient (Wildman–Crippen LogP) is 0.166. The maximum Gasteiger partial charge on any atom is 0.368 e. The highest BCUT2D eigenvalue weighted by atomic mass is 16.5. The van der Waals surface area contributed by atoms with Crippen molar-refractivity contribution in [2.24, 2.45) is 11.8 Å². The van der Waals surface area contributed by atoms with Gasteiger partial charge in [-0.1, -0.05) is 29.8 Å². The summed E-state index contributed by atoms with van der Waals surface area (Å²) in [5.74, 6) is -2.16. The monoisotopic (exact) mass is 331 g/mol. The van der Waals surface area contributed by atoms with Crippen molar-refractivity contribution >= 4 is 17.8 Å². The van der Waals surface area contributed by atoms with Gasteiger partial charge >= 0.3 is 5.97 Å². The second kappa shape index (κ2) is 5.70. The molecular formula is C18H23N2O4+. The molecule has 2 aliphatic heterocycles. The van der Waals surface area contributed by atoms with Crippen molar-refractivity contribution in [3.05, 3.63) is 35.4 Å². The van der Waals surface area contributed by atoms with Crippen LogP contribution in [0.4, 0.5) is 0 Å². The number of benzene rings is 1. The lowest BCUT2D eigenvalue weighted by molar-refractivity contribution is -0.731. The zero-order valence-electron chi connectivity index (χ0n) is 14.4. The van der Waals surface area contributed by atoms with E-state index in [4.69, 9.17) is 4.74 Å². The van der Waals surface area contributed by atoms with Crippen molar-refractivity contribution < 1.29 is 24.4 Å². The average molecular weight is 331 g/mol. The summed E-state index contributed by atoms with van der Waals surface area (Å²) in [6.07, 6.45) is 0. The summed E-state index contributed by atoms with van der Waals surface area (Å²) in [7, 11) is 1.31. The normalized spacial score (nSPS) is 32.2. The molecule has 2 heterocycles. The first-order valence-corrected chi connectivity index (χ1v) is 8.21. The van der Waals surface area contributed by atoms with E-state index in [0.717, 1.165) is 11.1 Å². The number of amides is 2. The highest BCUT2D eigenvalue weighted by Crippen LogP contribution is 2.44. The van der Waals surface area contributed by atoms with Crippen molar-refractivity contribution in [2.45, 2.75) is 32.4 Å². The van der Waals surface area contributed by atoms with Crippen molar-refractivity contribution in [1.29, 1.82) is 0 Å². The number of esters is 1. The van der Waals surface area contributed by atoms with E-state index in [-0.39, 0.29) is 17.9 Å². The van der Waals surface area contributed by atoms with Crippen molar-refractivity contribution in [3.8, 4) is 0 Å². The quantitative estimate of drug-likeness (QED) is 0.632. The topological polar surface area (TPSA) is 80.3 Å². The summed E-state index contributed by atoms with van der Waals surface area (Å²) >= 11 is 0. The lowest BCUT2D eigenvalue weighted by atomic mass is 9.80. The van der Waals surface area contributed by atoms with Crippen molar-refractivity contribution in [1.82, 2.24) is 4.90 Å². The molecule has 1 aromatic carbocycles. The van der Waals surface area contributed by atoms with Gasteiger partial charge in [0.15, 0.2) is 0 Å². The zero-order chi connectivity index (χ0) is 17.6. The number of carbonyl (C=O) groups excluding carboxylic acids is 3. The summed E-state index contributed by atoms with van der Waals surface area (Å²) in [5.41, 5.74) is 0.974. The third kappa shape index (κ3) is 2.17. The SMILES string of the molecule is CCN1C(=O)[C@H]2[C@@H](c3ccc(C)cc3)[NH2+][C@@](C)(C(=O)OC)[C@@H]2C1=O. The predicted molar refractivity (Wildman–Crippen MR) is 85.6 cm³/mol. The fourth-order valence-electron chi connectivity index (χ4n) is 4.14. The molecule has 0 aromatic heterocycles. The molecule has 2 fully saturated rings. The molecule has 3 rings (SSSR count). The Bertz CT molecular complexity index is 699. The molecular weight excluding hydrogens is 308 g/mol. The number of aryl methyl sites for hydroxylation is 1. The summed E-state index contributed by atoms with van der Waals surface area (Å²) < 4.78 is 4.95. The van der Waals surface area contributed by atoms with E-state index < -0.39 is 23.3 Å². The van der Waals surface area contributed by atoms with Crippen LogP contribution < -0.4 is 5.32 Å². The van der Waals surface area contributed by atoms with E-state index in [1.165, 1.54) is 12.0 Å². The first-order valence-electron chi connectivity index (χ1n) is 8.21. The van der Waals surface area contributed by atoms with Crippen LogP contribution in [0.1, 0.15) is 31.0 Å². The molecule has 2 amide bonds. The molecule has 2 aliphatic rings. The molecule has 0 radical (unpaired) electrons. The Morgan fingerprint density at radius 3 is 2.42 bits per heavy atom. The van der Waals surface area contributed by atoms with Gasteiger partial charge in [0, 0.05) is 19.0 Å². The third-order valence-corrected chi connectivity index (χ3v) is 5.40. The van der Waals surface area contributed by atoms with Crippen LogP contribution in [-0.2, 0) is 19.1 Å². The van der Waals surface area contributed by atoms with E-state index in [1.807, 2.05) is 36.5 Å². The van der Waals surface area contributed by atoms with Crippen molar-refractivity contribution in [3.63, 3.8) is 0 Å². The Labute approximate surface area is 141 Å². The van der Waals surface area contributed by atoms with Crippen LogP contribution in [0.5, 0.6) is 0 Å². The van der Waals surface area contributed by atoms with Crippen molar-refractivity contribution in [2.75, 3.05) is 13.7 Å². The van der Waals surface area contributed by atoms with E-state index in [1.54, 1.807) is 13.8 Å². The Balaban J connectivity index is 2.09. The molecule has 2 N–H and O–H groups in total. The van der Waals surface area contributed by atoms with Gasteiger partial charge in [0.05, 0.1) is 7.11 Å². The van der Waals surface area contributed by atoms with Gasteiger partial charge in [0.25, 0.3) is 0 Å². The minimum Gasteiger partial charge on any atom is -0.464 e. The van der Waals surface area contributed by atoms with Gasteiger partial charge in [0.1, 0.15) is 17.9 Å². The number of methoxy groups -OCH3 is 1. The fraction of sp³-hybridized carbons (Fsp3) is 0.500. The molecule has 1 aromatic rings. The highest BCUT2D eigenvalue weighted by Gasteiger charge is 2.70. The molecule has 6 heteroatoms. The number of carbonyl (C=O) groups is 3. The lowest BCUT2D eigenvalue weighted by Crippen LogP contribution is -2.97. The minimum atomic E-state index is -1.09. The zero-order valence-corrected chi connectivity index (χ0v) is 14.4. The molecule has 0 saturated carbocycles.